The number of halogens is 7. The Kier molecular flexibility index (Phi) is 6.34. The van der Waals surface area contributed by atoms with E-state index >= 15 is 0 Å². The van der Waals surface area contributed by atoms with Crippen molar-refractivity contribution in [1.82, 2.24) is 9.78 Å². The van der Waals surface area contributed by atoms with Crippen molar-refractivity contribution >= 4 is 29.0 Å². The fourth-order valence-electron chi connectivity index (χ4n) is 3.72. The minimum atomic E-state index is -4.68. The number of aromatic nitrogens is 2. The van der Waals surface area contributed by atoms with Crippen LogP contribution in [0.25, 0.3) is 0 Å². The summed E-state index contributed by atoms with van der Waals surface area (Å²) in [7, 11) is 1.46. The number of nitrogens with zero attached hydrogens (tertiary/aromatic N) is 2. The van der Waals surface area contributed by atoms with Crippen molar-refractivity contribution < 1.29 is 35.9 Å². The number of carbonyl (C=O) groups is 1. The van der Waals surface area contributed by atoms with E-state index in [1.165, 1.54) is 7.11 Å². The summed E-state index contributed by atoms with van der Waals surface area (Å²) in [4.78, 5) is 12.7. The van der Waals surface area contributed by atoms with Gasteiger partial charge in [-0.3, -0.25) is 4.79 Å². The summed E-state index contributed by atoms with van der Waals surface area (Å²) in [6.45, 7) is 0. The smallest absolute Gasteiger partial charge is 0.416 e. The van der Waals surface area contributed by atoms with E-state index in [4.69, 9.17) is 16.3 Å². The second-order valence-corrected chi connectivity index (χ2v) is 8.18. The summed E-state index contributed by atoms with van der Waals surface area (Å²) >= 11 is 5.89. The number of ether oxygens (including phenoxy) is 1. The van der Waals surface area contributed by atoms with Gasteiger partial charge < -0.3 is 15.4 Å². The normalized spacial score (nSPS) is 17.9. The molecule has 2 atom stereocenters. The molecule has 1 aliphatic heterocycles. The maximum Gasteiger partial charge on any atom is 0.416 e. The van der Waals surface area contributed by atoms with Crippen LogP contribution in [0.1, 0.15) is 40.1 Å². The Balaban J connectivity index is 1.63. The molecule has 35 heavy (non-hydrogen) atoms. The predicted octanol–water partition coefficient (Wildman–Crippen LogP) is 6.48. The van der Waals surface area contributed by atoms with Crippen molar-refractivity contribution in [2.45, 2.75) is 30.9 Å². The molecule has 1 aromatic heterocycles. The van der Waals surface area contributed by atoms with Gasteiger partial charge in [0.25, 0.3) is 5.91 Å². The minimum absolute atomic E-state index is 0.0697. The molecule has 0 saturated heterocycles. The maximum absolute atomic E-state index is 13.9. The Morgan fingerprint density at radius 1 is 1.11 bits per heavy atom. The van der Waals surface area contributed by atoms with Crippen LogP contribution in [0, 0.1) is 0 Å². The lowest BCUT2D eigenvalue weighted by Gasteiger charge is -2.33. The molecule has 13 heteroatoms. The first-order chi connectivity index (χ1) is 16.4. The quantitative estimate of drug-likeness (QED) is 0.388. The molecule has 0 unspecified atom stereocenters. The van der Waals surface area contributed by atoms with Gasteiger partial charge in [-0.2, -0.15) is 31.4 Å². The van der Waals surface area contributed by atoms with Crippen LogP contribution in [-0.2, 0) is 6.18 Å². The minimum Gasteiger partial charge on any atom is -0.497 e. The van der Waals surface area contributed by atoms with Gasteiger partial charge in [-0.05, 0) is 35.9 Å². The second-order valence-electron chi connectivity index (χ2n) is 7.77. The monoisotopic (exact) mass is 518 g/mol. The highest BCUT2D eigenvalue weighted by Gasteiger charge is 2.47. The van der Waals surface area contributed by atoms with E-state index in [2.05, 4.69) is 15.7 Å². The van der Waals surface area contributed by atoms with Crippen LogP contribution in [0.2, 0.25) is 5.02 Å². The molecule has 2 aromatic carbocycles. The van der Waals surface area contributed by atoms with E-state index in [0.29, 0.717) is 22.1 Å². The fraction of sp³-hybridized carbons (Fsp3) is 0.273. The number of anilines is 2. The molecule has 0 spiro atoms. The van der Waals surface area contributed by atoms with Gasteiger partial charge >= 0.3 is 12.4 Å². The summed E-state index contributed by atoms with van der Waals surface area (Å²) in [5.74, 6) is -0.550. The molecule has 0 bridgehead atoms. The van der Waals surface area contributed by atoms with Crippen LogP contribution in [0.3, 0.4) is 0 Å². The van der Waals surface area contributed by atoms with Crippen LogP contribution in [0.5, 0.6) is 5.75 Å². The van der Waals surface area contributed by atoms with E-state index in [-0.39, 0.29) is 16.5 Å². The highest BCUT2D eigenvalue weighted by Crippen LogP contribution is 2.44. The number of carbonyl (C=O) groups excluding carboxylic acids is 1. The number of nitrogens with one attached hydrogen (secondary N) is 2. The van der Waals surface area contributed by atoms with Gasteiger partial charge in [0, 0.05) is 12.5 Å². The third-order valence-electron chi connectivity index (χ3n) is 5.48. The highest BCUT2D eigenvalue weighted by atomic mass is 35.5. The number of amides is 1. The molecule has 4 rings (SSSR count). The van der Waals surface area contributed by atoms with Crippen molar-refractivity contribution in [3.8, 4) is 5.75 Å². The summed E-state index contributed by atoms with van der Waals surface area (Å²) in [5.41, 5.74) is -1.27. The molecule has 6 nitrogen and oxygen atoms in total. The fourth-order valence-corrected chi connectivity index (χ4v) is 3.89. The van der Waals surface area contributed by atoms with Crippen LogP contribution in [-0.4, -0.2) is 29.0 Å². The summed E-state index contributed by atoms with van der Waals surface area (Å²) in [5, 5.41) is 8.73. The third-order valence-corrected chi connectivity index (χ3v) is 5.81. The Bertz CT molecular complexity index is 1240. The first-order valence-corrected chi connectivity index (χ1v) is 10.5. The standard InChI is InChI=1S/C22H17ClF6N4O2/c1-35-13-5-2-11(3-6-13)15-9-18(22(27,28)29)33-19(30-15)10-17(32-33)20(34)31-16-8-12(21(24,25)26)4-7-14(16)23/h2-8,10,15,18,30H,9H2,1H3,(H,31,34)/t15-,18-/m1/s1. The molecule has 2 N–H and O–H groups in total. The first-order valence-electron chi connectivity index (χ1n) is 10.1. The maximum atomic E-state index is 13.9. The summed E-state index contributed by atoms with van der Waals surface area (Å²) < 4.78 is 86.3. The molecule has 186 valence electrons. The highest BCUT2D eigenvalue weighted by molar-refractivity contribution is 6.33. The molecule has 0 fully saturated rings. The number of rotatable bonds is 4. The zero-order valence-corrected chi connectivity index (χ0v) is 18.6. The molecule has 2 heterocycles. The number of hydrogen-bond acceptors (Lipinski definition) is 4. The lowest BCUT2D eigenvalue weighted by atomic mass is 9.97. The van der Waals surface area contributed by atoms with Crippen molar-refractivity contribution in [2.24, 2.45) is 0 Å². The van der Waals surface area contributed by atoms with Crippen LogP contribution in [0.15, 0.2) is 48.5 Å². The molecule has 0 radical (unpaired) electrons. The van der Waals surface area contributed by atoms with E-state index in [0.717, 1.165) is 18.2 Å². The molecular formula is C22H17ClF6N4O2. The lowest BCUT2D eigenvalue weighted by Crippen LogP contribution is -2.35. The number of hydrogen-bond donors (Lipinski definition) is 2. The largest absolute Gasteiger partial charge is 0.497 e. The second kappa shape index (κ2) is 8.99. The first kappa shape index (κ1) is 24.7. The van der Waals surface area contributed by atoms with Gasteiger partial charge in [0.2, 0.25) is 0 Å². The Hall–Kier alpha value is -3.41. The van der Waals surface area contributed by atoms with Gasteiger partial charge in [-0.1, -0.05) is 23.7 Å². The predicted molar refractivity (Wildman–Crippen MR) is 116 cm³/mol. The van der Waals surface area contributed by atoms with E-state index in [1.807, 2.05) is 0 Å². The average Bonchev–Trinajstić information content (AvgIpc) is 3.23. The number of benzene rings is 2. The van der Waals surface area contributed by atoms with Crippen molar-refractivity contribution in [2.75, 3.05) is 17.7 Å². The van der Waals surface area contributed by atoms with E-state index in [1.54, 1.807) is 24.3 Å². The zero-order valence-electron chi connectivity index (χ0n) is 17.8. The van der Waals surface area contributed by atoms with Crippen molar-refractivity contribution in [3.63, 3.8) is 0 Å². The Morgan fingerprint density at radius 3 is 2.40 bits per heavy atom. The summed E-state index contributed by atoms with van der Waals surface area (Å²) in [6.07, 6.45) is -9.76. The van der Waals surface area contributed by atoms with Crippen molar-refractivity contribution in [3.05, 3.63) is 70.4 Å². The van der Waals surface area contributed by atoms with Gasteiger partial charge in [0.05, 0.1) is 29.4 Å². The number of fused-ring (bicyclic) bond motifs is 1. The number of methoxy groups -OCH3 is 1. The topological polar surface area (TPSA) is 68.2 Å². The van der Waals surface area contributed by atoms with E-state index in [9.17, 15) is 31.1 Å². The third kappa shape index (κ3) is 5.16. The zero-order chi connectivity index (χ0) is 25.5. The molecule has 1 amide bonds. The molecule has 0 saturated carbocycles. The summed E-state index contributed by atoms with van der Waals surface area (Å²) in [6, 6.07) is 7.13. The van der Waals surface area contributed by atoms with Gasteiger partial charge in [0.1, 0.15) is 11.6 Å². The molecule has 0 aliphatic carbocycles. The molecular weight excluding hydrogens is 502 g/mol. The number of alkyl halides is 6. The van der Waals surface area contributed by atoms with Gasteiger partial charge in [-0.15, -0.1) is 0 Å². The van der Waals surface area contributed by atoms with Crippen LogP contribution < -0.4 is 15.4 Å². The van der Waals surface area contributed by atoms with Crippen LogP contribution in [0.4, 0.5) is 37.8 Å². The molecule has 3 aromatic rings. The van der Waals surface area contributed by atoms with Gasteiger partial charge in [-0.25, -0.2) is 4.68 Å². The average molecular weight is 519 g/mol. The van der Waals surface area contributed by atoms with E-state index < -0.39 is 48.0 Å². The Morgan fingerprint density at radius 2 is 1.80 bits per heavy atom. The van der Waals surface area contributed by atoms with Gasteiger partial charge in [0.15, 0.2) is 11.7 Å². The molecule has 1 aliphatic rings. The van der Waals surface area contributed by atoms with Crippen LogP contribution >= 0.6 is 11.6 Å². The van der Waals surface area contributed by atoms with Crippen molar-refractivity contribution in [1.29, 1.82) is 0 Å². The Labute approximate surface area is 199 Å². The lowest BCUT2D eigenvalue weighted by molar-refractivity contribution is -0.173. The SMILES string of the molecule is COc1ccc([C@H]2C[C@H](C(F)(F)F)n3nc(C(=O)Nc4cc(C(F)(F)F)ccc4Cl)cc3N2)cc1.